The number of para-hydroxylation sites is 1. The van der Waals surface area contributed by atoms with E-state index < -0.39 is 0 Å². The SMILES string of the molecule is CCCCC(CC)C1NC2=C(c3ccccc3Nc3ncccc32)N1F. The van der Waals surface area contributed by atoms with Crippen LogP contribution in [0.5, 0.6) is 0 Å². The molecule has 2 aliphatic heterocycles. The van der Waals surface area contributed by atoms with Crippen LogP contribution in [-0.2, 0) is 0 Å². The number of rotatable bonds is 5. The van der Waals surface area contributed by atoms with Crippen molar-refractivity contribution in [3.05, 3.63) is 53.7 Å². The first-order valence-electron chi connectivity index (χ1n) is 9.52. The molecule has 136 valence electrons. The number of benzene rings is 1. The van der Waals surface area contributed by atoms with Gasteiger partial charge >= 0.3 is 0 Å². The molecule has 2 aliphatic rings. The Bertz CT molecular complexity index is 832. The maximum absolute atomic E-state index is 15.6. The number of nitrogens with zero attached hydrogens (tertiary/aromatic N) is 2. The Labute approximate surface area is 154 Å². The predicted octanol–water partition coefficient (Wildman–Crippen LogP) is 5.30. The number of halogens is 1. The van der Waals surface area contributed by atoms with Crippen LogP contribution in [0.4, 0.5) is 16.0 Å². The zero-order valence-corrected chi connectivity index (χ0v) is 15.3. The van der Waals surface area contributed by atoms with E-state index in [9.17, 15) is 0 Å². The molecule has 26 heavy (non-hydrogen) atoms. The number of anilines is 2. The molecule has 3 heterocycles. The molecule has 0 amide bonds. The molecule has 1 aromatic heterocycles. The first-order valence-corrected chi connectivity index (χ1v) is 9.52. The summed E-state index contributed by atoms with van der Waals surface area (Å²) in [5.41, 5.74) is 4.09. The van der Waals surface area contributed by atoms with Crippen molar-refractivity contribution in [2.24, 2.45) is 5.92 Å². The van der Waals surface area contributed by atoms with Gasteiger partial charge in [-0.25, -0.2) is 4.98 Å². The maximum atomic E-state index is 15.6. The largest absolute Gasteiger partial charge is 0.361 e. The summed E-state index contributed by atoms with van der Waals surface area (Å²) in [5, 5.41) is 7.79. The van der Waals surface area contributed by atoms with Gasteiger partial charge in [-0.3, -0.25) is 0 Å². The van der Waals surface area contributed by atoms with Gasteiger partial charge in [0.25, 0.3) is 0 Å². The van der Waals surface area contributed by atoms with Crippen LogP contribution >= 0.6 is 0 Å². The normalized spacial score (nSPS) is 19.0. The predicted molar refractivity (Wildman–Crippen MR) is 104 cm³/mol. The van der Waals surface area contributed by atoms with E-state index in [-0.39, 0.29) is 12.1 Å². The maximum Gasteiger partial charge on any atom is 0.139 e. The van der Waals surface area contributed by atoms with Crippen molar-refractivity contribution in [1.29, 1.82) is 0 Å². The van der Waals surface area contributed by atoms with Crippen LogP contribution in [0.3, 0.4) is 0 Å². The quantitative estimate of drug-likeness (QED) is 0.717. The molecule has 2 N–H and O–H groups in total. The highest BCUT2D eigenvalue weighted by molar-refractivity contribution is 5.99. The number of hydrogen-bond acceptors (Lipinski definition) is 4. The molecule has 5 heteroatoms. The van der Waals surface area contributed by atoms with E-state index in [4.69, 9.17) is 0 Å². The number of unbranched alkanes of at least 4 members (excludes halogenated alkanes) is 1. The van der Waals surface area contributed by atoms with E-state index in [0.717, 1.165) is 59.1 Å². The summed E-state index contributed by atoms with van der Waals surface area (Å²) in [6.45, 7) is 4.32. The van der Waals surface area contributed by atoms with E-state index in [1.54, 1.807) is 6.20 Å². The summed E-state index contributed by atoms with van der Waals surface area (Å²) in [7, 11) is 0. The topological polar surface area (TPSA) is 40.2 Å². The molecule has 4 nitrogen and oxygen atoms in total. The van der Waals surface area contributed by atoms with Crippen LogP contribution < -0.4 is 10.6 Å². The van der Waals surface area contributed by atoms with Gasteiger partial charge in [0, 0.05) is 23.0 Å². The molecule has 0 saturated heterocycles. The van der Waals surface area contributed by atoms with Crippen LogP contribution in [0.2, 0.25) is 0 Å². The van der Waals surface area contributed by atoms with E-state index in [0.29, 0.717) is 5.70 Å². The summed E-state index contributed by atoms with van der Waals surface area (Å²) in [4.78, 5) is 4.48. The minimum Gasteiger partial charge on any atom is -0.361 e. The molecule has 0 fully saturated rings. The highest BCUT2D eigenvalue weighted by Crippen LogP contribution is 2.45. The molecule has 0 radical (unpaired) electrons. The van der Waals surface area contributed by atoms with Gasteiger partial charge in [0.15, 0.2) is 0 Å². The minimum atomic E-state index is -0.337. The lowest BCUT2D eigenvalue weighted by Gasteiger charge is -2.28. The van der Waals surface area contributed by atoms with E-state index in [1.165, 1.54) is 0 Å². The van der Waals surface area contributed by atoms with Crippen LogP contribution in [0.1, 0.15) is 50.7 Å². The van der Waals surface area contributed by atoms with Gasteiger partial charge in [-0.1, -0.05) is 49.4 Å². The molecular weight excluding hydrogens is 327 g/mol. The standard InChI is InChI=1S/C21H25FN4/c1-3-5-9-14(4-2)21-25-18-16-11-8-13-23-20(16)24-17-12-7-6-10-15(17)19(18)26(21)22/h6-8,10-14,21,25H,3-5,9H2,1-2H3,(H,23,24). The number of aromatic nitrogens is 1. The number of hydrogen-bond donors (Lipinski definition) is 2. The minimum absolute atomic E-state index is 0.257. The average Bonchev–Trinajstić information content (AvgIpc) is 2.93. The Balaban J connectivity index is 1.80. The lowest BCUT2D eigenvalue weighted by atomic mass is 9.96. The van der Waals surface area contributed by atoms with Crippen molar-refractivity contribution in [3.63, 3.8) is 0 Å². The number of pyridine rings is 1. The van der Waals surface area contributed by atoms with Gasteiger partial charge in [-0.2, -0.15) is 5.12 Å². The highest BCUT2D eigenvalue weighted by atomic mass is 19.2. The van der Waals surface area contributed by atoms with Gasteiger partial charge < -0.3 is 10.6 Å². The number of nitrogens with one attached hydrogen (secondary N) is 2. The van der Waals surface area contributed by atoms with Crippen LogP contribution in [0, 0.1) is 5.92 Å². The van der Waals surface area contributed by atoms with Gasteiger partial charge in [0.05, 0.1) is 5.70 Å². The van der Waals surface area contributed by atoms with Crippen molar-refractivity contribution < 1.29 is 4.48 Å². The molecule has 2 atom stereocenters. The molecule has 0 aliphatic carbocycles. The Morgan fingerprint density at radius 1 is 1.15 bits per heavy atom. The third-order valence-corrected chi connectivity index (χ3v) is 5.40. The fraction of sp³-hybridized carbons (Fsp3) is 0.381. The first-order chi connectivity index (χ1) is 12.7. The molecule has 0 bridgehead atoms. The zero-order valence-electron chi connectivity index (χ0n) is 15.3. The Morgan fingerprint density at radius 3 is 2.77 bits per heavy atom. The van der Waals surface area contributed by atoms with Gasteiger partial charge in [0.2, 0.25) is 0 Å². The van der Waals surface area contributed by atoms with Crippen molar-refractivity contribution in [3.8, 4) is 0 Å². The van der Waals surface area contributed by atoms with E-state index in [2.05, 4.69) is 29.5 Å². The van der Waals surface area contributed by atoms with Gasteiger partial charge in [0.1, 0.15) is 17.7 Å². The molecular formula is C21H25FN4. The van der Waals surface area contributed by atoms with Crippen LogP contribution in [0.15, 0.2) is 42.6 Å². The molecule has 0 spiro atoms. The Hall–Kier alpha value is -2.56. The fourth-order valence-corrected chi connectivity index (χ4v) is 3.96. The highest BCUT2D eigenvalue weighted by Gasteiger charge is 2.40. The van der Waals surface area contributed by atoms with Crippen LogP contribution in [0.25, 0.3) is 11.4 Å². The zero-order chi connectivity index (χ0) is 18.1. The summed E-state index contributed by atoms with van der Waals surface area (Å²) in [5.74, 6) is 1.01. The summed E-state index contributed by atoms with van der Waals surface area (Å²) < 4.78 is 15.6. The molecule has 2 aromatic rings. The van der Waals surface area contributed by atoms with Gasteiger partial charge in [-0.15, -0.1) is 0 Å². The Morgan fingerprint density at radius 2 is 1.96 bits per heavy atom. The van der Waals surface area contributed by atoms with Crippen molar-refractivity contribution in [2.45, 2.75) is 45.7 Å². The van der Waals surface area contributed by atoms with Crippen molar-refractivity contribution >= 4 is 22.9 Å². The van der Waals surface area contributed by atoms with E-state index in [1.807, 2.05) is 36.4 Å². The summed E-state index contributed by atoms with van der Waals surface area (Å²) in [6.07, 6.45) is 5.63. The third-order valence-electron chi connectivity index (χ3n) is 5.40. The van der Waals surface area contributed by atoms with Crippen molar-refractivity contribution in [1.82, 2.24) is 15.4 Å². The Kier molecular flexibility index (Phi) is 4.53. The third kappa shape index (κ3) is 2.71. The summed E-state index contributed by atoms with van der Waals surface area (Å²) >= 11 is 0. The van der Waals surface area contributed by atoms with Crippen LogP contribution in [-0.4, -0.2) is 16.3 Å². The molecule has 4 rings (SSSR count). The lowest BCUT2D eigenvalue weighted by molar-refractivity contribution is 0.0195. The lowest BCUT2D eigenvalue weighted by Crippen LogP contribution is -2.39. The second kappa shape index (κ2) is 6.98. The summed E-state index contributed by atoms with van der Waals surface area (Å²) in [6, 6.07) is 11.7. The molecule has 2 unspecified atom stereocenters. The average molecular weight is 352 g/mol. The number of fused-ring (bicyclic) bond motifs is 4. The second-order valence-corrected chi connectivity index (χ2v) is 7.00. The molecule has 0 saturated carbocycles. The smallest absolute Gasteiger partial charge is 0.139 e. The molecule has 1 aromatic carbocycles. The van der Waals surface area contributed by atoms with Gasteiger partial charge in [-0.05, 0) is 37.0 Å². The van der Waals surface area contributed by atoms with E-state index >= 15 is 4.48 Å². The first kappa shape index (κ1) is 16.9. The second-order valence-electron chi connectivity index (χ2n) is 7.00. The monoisotopic (exact) mass is 352 g/mol. The van der Waals surface area contributed by atoms with Crippen molar-refractivity contribution in [2.75, 3.05) is 5.32 Å². The fourth-order valence-electron chi connectivity index (χ4n) is 3.96.